The summed E-state index contributed by atoms with van der Waals surface area (Å²) in [6, 6.07) is 143. The highest BCUT2D eigenvalue weighted by atomic mass is 15.0. The minimum atomic E-state index is 0. The highest BCUT2D eigenvalue weighted by Gasteiger charge is 2.28. The maximum atomic E-state index is 5.28. The van der Waals surface area contributed by atoms with Crippen LogP contribution in [0, 0.1) is 0 Å². The van der Waals surface area contributed by atoms with Crippen LogP contribution < -0.4 is 0 Å². The maximum absolute atomic E-state index is 5.28. The summed E-state index contributed by atoms with van der Waals surface area (Å²) in [7, 11) is 0. The molecule has 0 unspecified atom stereocenters. The van der Waals surface area contributed by atoms with Crippen LogP contribution in [0.25, 0.3) is 281 Å². The van der Waals surface area contributed by atoms with Crippen molar-refractivity contribution < 1.29 is 0 Å². The normalized spacial score (nSPS) is 11.9. The molecule has 0 N–H and O–H groups in total. The first kappa shape index (κ1) is 77.5. The molecular weight excluding hydrogens is 1660 g/mol. The summed E-state index contributed by atoms with van der Waals surface area (Å²) in [4.78, 5) is 50.5. The zero-order valence-electron chi connectivity index (χ0n) is 72.3. The smallest absolute Gasteiger partial charge is 0.160 e. The van der Waals surface area contributed by atoms with Crippen LogP contribution in [-0.4, -0.2) is 63.0 Å². The molecular formula is C123H75N13. The molecule has 0 atom stereocenters. The summed E-state index contributed by atoms with van der Waals surface area (Å²) < 4.78 is 6.79. The lowest BCUT2D eigenvalue weighted by Gasteiger charge is -2.15. The molecule has 12 heterocycles. The molecule has 0 radical (unpaired) electrons. The first-order valence-electron chi connectivity index (χ1n) is 45.5. The summed E-state index contributed by atoms with van der Waals surface area (Å²) in [6.45, 7) is 0. The Hall–Kier alpha value is -18.5. The Balaban J connectivity index is 0.000000103. The van der Waals surface area contributed by atoms with Crippen LogP contribution >= 0.6 is 0 Å². The molecule has 13 nitrogen and oxygen atoms in total. The second-order valence-electron chi connectivity index (χ2n) is 34.8. The van der Waals surface area contributed by atoms with Crippen molar-refractivity contribution in [3.8, 4) is 101 Å². The molecule has 13 heteroatoms. The number of rotatable bonds is 7. The van der Waals surface area contributed by atoms with Gasteiger partial charge in [0.25, 0.3) is 0 Å². The van der Waals surface area contributed by atoms with Gasteiger partial charge in [-0.2, -0.15) is 0 Å². The molecule has 1 aliphatic carbocycles. The Kier molecular flexibility index (Phi) is 17.6. The van der Waals surface area contributed by atoms with Gasteiger partial charge in [-0.05, 0) is 214 Å². The average molecular weight is 1740 g/mol. The molecule has 0 amide bonds. The minimum Gasteiger partial charge on any atom is -0.290 e. The van der Waals surface area contributed by atoms with Crippen LogP contribution in [0.5, 0.6) is 0 Å². The number of para-hydroxylation sites is 6. The van der Waals surface area contributed by atoms with Crippen LogP contribution in [0.15, 0.2) is 431 Å². The highest BCUT2D eigenvalue weighted by molar-refractivity contribution is 6.29. The Morgan fingerprint density at radius 2 is 0.544 bits per heavy atom. The van der Waals surface area contributed by atoms with E-state index in [0.717, 1.165) is 204 Å². The first-order chi connectivity index (χ1) is 67.0. The summed E-state index contributed by atoms with van der Waals surface area (Å²) in [5.41, 5.74) is 36.0. The quantitative estimate of drug-likeness (QED) is 0.142. The average Bonchev–Trinajstić information content (AvgIpc) is 1.47. The van der Waals surface area contributed by atoms with Gasteiger partial charge in [-0.1, -0.05) is 299 Å². The third-order valence-electron chi connectivity index (χ3n) is 27.4. The van der Waals surface area contributed by atoms with Crippen molar-refractivity contribution >= 4 is 180 Å². The number of aromatic nitrogens is 13. The summed E-state index contributed by atoms with van der Waals surface area (Å²) in [5.74, 6) is 0.679. The van der Waals surface area contributed by atoms with Gasteiger partial charge in [-0.3, -0.25) is 33.1 Å². The first-order valence-corrected chi connectivity index (χ1v) is 45.5. The second kappa shape index (κ2) is 30.9. The van der Waals surface area contributed by atoms with E-state index in [1.165, 1.54) is 71.4 Å². The van der Waals surface area contributed by atoms with Crippen molar-refractivity contribution in [2.45, 2.75) is 7.43 Å². The predicted octanol–water partition coefficient (Wildman–Crippen LogP) is 31.0. The molecule has 0 aliphatic heterocycles. The molecule has 136 heavy (non-hydrogen) atoms. The van der Waals surface area contributed by atoms with Gasteiger partial charge in [0.05, 0.1) is 94.3 Å². The maximum Gasteiger partial charge on any atom is 0.160 e. The molecule has 0 saturated heterocycles. The number of benzene rings is 17. The fourth-order valence-corrected chi connectivity index (χ4v) is 21.3. The van der Waals surface area contributed by atoms with Gasteiger partial charge < -0.3 is 0 Å². The Labute approximate surface area is 777 Å². The minimum absolute atomic E-state index is 0. The SMILES string of the molecule is C.c1cc2c3c(cccc3c1)-c1cc(-c3cc4c5ncccc5n5c6ccccc6nc5c4c4ccccc34)ccc1-2.c1ccc(-c2ccc(-c3nc(-c4ccccc4)cc(-c4cc5c6ncccc6n6c7ccccc7nc6c5c5ccccc45)n3)cc2)cc1.c1cnc2c(c1)ccc1ccc(-c3ccc(-c4cc5c6ncccc6n6c7ccccc7nc6c5c5ccccc45)cc3)nc12. The number of pyridine rings is 8. The van der Waals surface area contributed by atoms with E-state index in [1.54, 1.807) is 0 Å². The molecule has 30 rings (SSSR count). The standard InChI is InChI=1S/C44H27N5.C40H23N5.C38H21N3.CH4/c1-3-12-28(13-4-1)29-21-23-31(24-22-29)43-46-37(30-14-5-2-6-15-30)27-38(47-43)34-26-35-41(33-17-8-7-16-32(33)34)44-48-36-18-9-10-19-39(36)49(44)40-20-11-25-45-42(35)40;1-2-9-29-28(8-1)30(23-31-36(29)40-44-33-10-3-4-11-34(33)45(40)35-12-6-22-42-39(31)35)24-13-15-25(16-14-24)32-20-19-27-18-17-26-7-5-21-41-37(26)38(27)43-32;1-2-11-27-24(10-1)29(23-17-18-25-26-12-5-8-22-9-6-13-28(35(22)26)30(25)20-23)21-31-36(27)38-40-32-14-3-4-15-33(32)41(38)34-16-7-19-39-37(31)34;/h1-27H;1-23H;1-21H;1H4. The zero-order valence-corrected chi connectivity index (χ0v) is 72.3. The topological polar surface area (TPSA) is 142 Å². The van der Waals surface area contributed by atoms with Gasteiger partial charge in [0.15, 0.2) is 5.82 Å². The van der Waals surface area contributed by atoms with E-state index in [-0.39, 0.29) is 7.43 Å². The van der Waals surface area contributed by atoms with E-state index >= 15 is 0 Å². The lowest BCUT2D eigenvalue weighted by atomic mass is 9.91. The molecule has 12 aromatic heterocycles. The van der Waals surface area contributed by atoms with Crippen LogP contribution in [0.4, 0.5) is 0 Å². The van der Waals surface area contributed by atoms with Crippen LogP contribution in [-0.2, 0) is 0 Å². The van der Waals surface area contributed by atoms with Crippen molar-refractivity contribution in [3.63, 3.8) is 0 Å². The van der Waals surface area contributed by atoms with E-state index < -0.39 is 0 Å². The summed E-state index contributed by atoms with van der Waals surface area (Å²) in [6.07, 6.45) is 7.48. The number of fused-ring (bicyclic) bond motifs is 36. The number of nitrogens with zero attached hydrogens (tertiary/aromatic N) is 13. The largest absolute Gasteiger partial charge is 0.290 e. The van der Waals surface area contributed by atoms with Crippen molar-refractivity contribution in [2.75, 3.05) is 0 Å². The molecule has 0 fully saturated rings. The van der Waals surface area contributed by atoms with E-state index in [4.69, 9.17) is 44.9 Å². The fraction of sp³-hybridized carbons (Fsp3) is 0.00813. The molecule has 0 bridgehead atoms. The van der Waals surface area contributed by atoms with Gasteiger partial charge in [0, 0.05) is 90.1 Å². The van der Waals surface area contributed by atoms with Gasteiger partial charge >= 0.3 is 0 Å². The zero-order chi connectivity index (χ0) is 88.5. The molecule has 1 aliphatic rings. The van der Waals surface area contributed by atoms with Crippen LogP contribution in [0.1, 0.15) is 7.43 Å². The van der Waals surface area contributed by atoms with Crippen LogP contribution in [0.3, 0.4) is 0 Å². The number of hydrogen-bond acceptors (Lipinski definition) is 10. The lowest BCUT2D eigenvalue weighted by molar-refractivity contribution is 1.19. The molecule has 17 aromatic carbocycles. The van der Waals surface area contributed by atoms with Gasteiger partial charge in [0.2, 0.25) is 0 Å². The van der Waals surface area contributed by atoms with Crippen molar-refractivity contribution in [3.05, 3.63) is 431 Å². The third-order valence-corrected chi connectivity index (χ3v) is 27.4. The van der Waals surface area contributed by atoms with E-state index in [9.17, 15) is 0 Å². The van der Waals surface area contributed by atoms with E-state index in [2.05, 4.69) is 376 Å². The van der Waals surface area contributed by atoms with Crippen molar-refractivity contribution in [1.29, 1.82) is 0 Å². The van der Waals surface area contributed by atoms with E-state index in [0.29, 0.717) is 5.82 Å². The Morgan fingerprint density at radius 1 is 0.169 bits per heavy atom. The fourth-order valence-electron chi connectivity index (χ4n) is 21.3. The Bertz CT molecular complexity index is 10100. The van der Waals surface area contributed by atoms with Gasteiger partial charge in [-0.25, -0.2) is 29.9 Å². The summed E-state index contributed by atoms with van der Waals surface area (Å²) >= 11 is 0. The van der Waals surface area contributed by atoms with Crippen LogP contribution in [0.2, 0.25) is 0 Å². The molecule has 0 spiro atoms. The van der Waals surface area contributed by atoms with Crippen molar-refractivity contribution in [1.82, 2.24) is 63.0 Å². The second-order valence-corrected chi connectivity index (χ2v) is 34.8. The predicted molar refractivity (Wildman–Crippen MR) is 562 cm³/mol. The molecule has 632 valence electrons. The highest BCUT2D eigenvalue weighted by Crippen LogP contribution is 2.51. The van der Waals surface area contributed by atoms with E-state index in [1.807, 2.05) is 73.3 Å². The van der Waals surface area contributed by atoms with Gasteiger partial charge in [-0.15, -0.1) is 0 Å². The molecule has 29 aromatic rings. The number of imidazole rings is 3. The monoisotopic (exact) mass is 1730 g/mol. The Morgan fingerprint density at radius 3 is 1.08 bits per heavy atom. The number of hydrogen-bond donors (Lipinski definition) is 0. The lowest BCUT2D eigenvalue weighted by Crippen LogP contribution is -1.98. The summed E-state index contributed by atoms with van der Waals surface area (Å²) in [5, 5.41) is 18.4. The van der Waals surface area contributed by atoms with Gasteiger partial charge in [0.1, 0.15) is 16.9 Å². The third kappa shape index (κ3) is 12.1. The van der Waals surface area contributed by atoms with Crippen molar-refractivity contribution in [2.24, 2.45) is 0 Å². The molecule has 0 saturated carbocycles.